The molecule has 0 saturated heterocycles. The molecular formula is C18H19N5O2S. The number of hydrogen-bond donors (Lipinski definition) is 3. The number of carbonyl (C=O) groups is 1. The molecule has 1 amide bonds. The summed E-state index contributed by atoms with van der Waals surface area (Å²) in [7, 11) is 0. The zero-order valence-corrected chi connectivity index (χ0v) is 15.0. The van der Waals surface area contributed by atoms with Crippen LogP contribution in [0.2, 0.25) is 0 Å². The summed E-state index contributed by atoms with van der Waals surface area (Å²) in [4.78, 5) is 39.0. The van der Waals surface area contributed by atoms with E-state index in [-0.39, 0.29) is 11.5 Å². The van der Waals surface area contributed by atoms with Gasteiger partial charge in [-0.1, -0.05) is 23.9 Å². The number of H-pyrrole nitrogens is 2. The number of nitrogens with zero attached hydrogens (tertiary/aromatic N) is 2. The van der Waals surface area contributed by atoms with Crippen LogP contribution in [0.1, 0.15) is 34.8 Å². The van der Waals surface area contributed by atoms with Gasteiger partial charge in [0.1, 0.15) is 0 Å². The van der Waals surface area contributed by atoms with Crippen molar-refractivity contribution < 1.29 is 4.79 Å². The van der Waals surface area contributed by atoms with E-state index in [1.807, 2.05) is 18.2 Å². The number of thioether (sulfide) groups is 1. The lowest BCUT2D eigenvalue weighted by Crippen LogP contribution is -2.27. The molecule has 0 unspecified atom stereocenters. The standard InChI is InChI=1S/C18H19N5O2S/c24-16-11-5-1-2-6-12(11)22-18(23-16)26-10-9-19-17(25)15-20-13-7-3-4-8-14(13)21-15/h1-2,5-6H,3-4,7-10H2,(H,19,25)(H,20,21)(H,22,23,24). The van der Waals surface area contributed by atoms with Gasteiger partial charge in [-0.3, -0.25) is 9.59 Å². The summed E-state index contributed by atoms with van der Waals surface area (Å²) in [6.45, 7) is 0.464. The van der Waals surface area contributed by atoms with Crippen LogP contribution in [-0.4, -0.2) is 38.1 Å². The van der Waals surface area contributed by atoms with E-state index in [1.165, 1.54) is 11.8 Å². The van der Waals surface area contributed by atoms with E-state index in [0.717, 1.165) is 37.1 Å². The maximum Gasteiger partial charge on any atom is 0.287 e. The van der Waals surface area contributed by atoms with Gasteiger partial charge < -0.3 is 15.3 Å². The van der Waals surface area contributed by atoms with Crippen molar-refractivity contribution in [3.63, 3.8) is 0 Å². The predicted molar refractivity (Wildman–Crippen MR) is 101 cm³/mol. The average molecular weight is 369 g/mol. The Hall–Kier alpha value is -2.61. The van der Waals surface area contributed by atoms with Crippen molar-refractivity contribution in [2.75, 3.05) is 12.3 Å². The Morgan fingerprint density at radius 3 is 2.88 bits per heavy atom. The lowest BCUT2D eigenvalue weighted by Gasteiger charge is -2.07. The fraction of sp³-hybridized carbons (Fsp3) is 0.333. The summed E-state index contributed by atoms with van der Waals surface area (Å²) in [5.41, 5.74) is 2.63. The molecule has 0 radical (unpaired) electrons. The molecule has 26 heavy (non-hydrogen) atoms. The van der Waals surface area contributed by atoms with Crippen LogP contribution >= 0.6 is 11.8 Å². The highest BCUT2D eigenvalue weighted by atomic mass is 32.2. The smallest absolute Gasteiger partial charge is 0.287 e. The van der Waals surface area contributed by atoms with E-state index in [0.29, 0.717) is 34.2 Å². The normalized spacial score (nSPS) is 13.5. The van der Waals surface area contributed by atoms with Crippen molar-refractivity contribution in [1.82, 2.24) is 25.3 Å². The largest absolute Gasteiger partial charge is 0.349 e. The third-order valence-electron chi connectivity index (χ3n) is 4.39. The molecule has 3 aromatic rings. The summed E-state index contributed by atoms with van der Waals surface area (Å²) in [5.74, 6) is 0.798. The molecule has 1 aliphatic rings. The van der Waals surface area contributed by atoms with Crippen molar-refractivity contribution >= 4 is 28.6 Å². The van der Waals surface area contributed by atoms with Crippen molar-refractivity contribution in [3.8, 4) is 0 Å². The zero-order valence-electron chi connectivity index (χ0n) is 14.2. The zero-order chi connectivity index (χ0) is 17.9. The Kier molecular flexibility index (Phi) is 4.75. The number of aryl methyl sites for hydroxylation is 2. The quantitative estimate of drug-likeness (QED) is 0.363. The minimum absolute atomic E-state index is 0.150. The first-order valence-electron chi connectivity index (χ1n) is 8.68. The minimum atomic E-state index is -0.194. The Balaban J connectivity index is 1.33. The van der Waals surface area contributed by atoms with Gasteiger partial charge in [0.15, 0.2) is 11.0 Å². The minimum Gasteiger partial charge on any atom is -0.349 e. The van der Waals surface area contributed by atoms with Crippen molar-refractivity contribution in [2.45, 2.75) is 30.8 Å². The Labute approximate surface area is 154 Å². The molecule has 0 atom stereocenters. The van der Waals surface area contributed by atoms with Crippen LogP contribution in [0, 0.1) is 0 Å². The number of fused-ring (bicyclic) bond motifs is 2. The molecule has 2 aromatic heterocycles. The number of carbonyl (C=O) groups excluding carboxylic acids is 1. The Bertz CT molecular complexity index is 987. The lowest BCUT2D eigenvalue weighted by atomic mass is 10.0. The molecule has 1 aromatic carbocycles. The summed E-state index contributed by atoms with van der Waals surface area (Å²) in [6, 6.07) is 7.23. The molecule has 0 fully saturated rings. The van der Waals surface area contributed by atoms with Gasteiger partial charge in [0.05, 0.1) is 16.6 Å². The van der Waals surface area contributed by atoms with Crippen LogP contribution in [-0.2, 0) is 12.8 Å². The first kappa shape index (κ1) is 16.8. The second-order valence-corrected chi connectivity index (χ2v) is 7.29. The van der Waals surface area contributed by atoms with Crippen LogP contribution in [0.15, 0.2) is 34.2 Å². The molecule has 0 aliphatic heterocycles. The third-order valence-corrected chi connectivity index (χ3v) is 5.26. The van der Waals surface area contributed by atoms with Gasteiger partial charge in [-0.05, 0) is 37.8 Å². The highest BCUT2D eigenvalue weighted by Gasteiger charge is 2.17. The molecular weight excluding hydrogens is 350 g/mol. The van der Waals surface area contributed by atoms with E-state index in [9.17, 15) is 9.59 Å². The molecule has 2 heterocycles. The summed E-state index contributed by atoms with van der Waals surface area (Å²) < 4.78 is 0. The SMILES string of the molecule is O=C(NCCSc1nc2ccccc2c(=O)[nH]1)c1nc2c([nH]1)CCCC2. The molecule has 1 aliphatic carbocycles. The van der Waals surface area contributed by atoms with E-state index in [4.69, 9.17) is 0 Å². The number of para-hydroxylation sites is 1. The van der Waals surface area contributed by atoms with Crippen LogP contribution in [0.5, 0.6) is 0 Å². The number of hydrogen-bond acceptors (Lipinski definition) is 5. The first-order chi connectivity index (χ1) is 12.7. The molecule has 0 bridgehead atoms. The summed E-state index contributed by atoms with van der Waals surface area (Å²) >= 11 is 1.40. The first-order valence-corrected chi connectivity index (χ1v) is 9.67. The van der Waals surface area contributed by atoms with Crippen LogP contribution in [0.3, 0.4) is 0 Å². The second kappa shape index (κ2) is 7.33. The Morgan fingerprint density at radius 2 is 2.00 bits per heavy atom. The predicted octanol–water partition coefficient (Wildman–Crippen LogP) is 2.05. The summed E-state index contributed by atoms with van der Waals surface area (Å²) in [5, 5.41) is 3.98. The van der Waals surface area contributed by atoms with Crippen LogP contribution < -0.4 is 10.9 Å². The topological polar surface area (TPSA) is 104 Å². The highest BCUT2D eigenvalue weighted by Crippen LogP contribution is 2.18. The molecule has 8 heteroatoms. The molecule has 134 valence electrons. The van der Waals surface area contributed by atoms with Crippen molar-refractivity contribution in [1.29, 1.82) is 0 Å². The molecule has 7 nitrogen and oxygen atoms in total. The second-order valence-electron chi connectivity index (χ2n) is 6.21. The molecule has 4 rings (SSSR count). The van der Waals surface area contributed by atoms with Gasteiger partial charge in [-0.15, -0.1) is 0 Å². The number of benzene rings is 1. The number of aromatic amines is 2. The summed E-state index contributed by atoms with van der Waals surface area (Å²) in [6.07, 6.45) is 4.18. The third kappa shape index (κ3) is 3.50. The van der Waals surface area contributed by atoms with E-state index < -0.39 is 0 Å². The van der Waals surface area contributed by atoms with Crippen LogP contribution in [0.4, 0.5) is 0 Å². The Morgan fingerprint density at radius 1 is 1.15 bits per heavy atom. The van der Waals surface area contributed by atoms with Crippen molar-refractivity contribution in [3.05, 3.63) is 51.8 Å². The lowest BCUT2D eigenvalue weighted by molar-refractivity contribution is 0.0946. The fourth-order valence-electron chi connectivity index (χ4n) is 3.09. The number of amides is 1. The van der Waals surface area contributed by atoms with Gasteiger partial charge in [0, 0.05) is 18.0 Å². The highest BCUT2D eigenvalue weighted by molar-refractivity contribution is 7.99. The van der Waals surface area contributed by atoms with E-state index in [2.05, 4.69) is 25.3 Å². The average Bonchev–Trinajstić information content (AvgIpc) is 3.09. The van der Waals surface area contributed by atoms with Gasteiger partial charge >= 0.3 is 0 Å². The maximum atomic E-state index is 12.2. The maximum absolute atomic E-state index is 12.2. The number of aromatic nitrogens is 4. The fourth-order valence-corrected chi connectivity index (χ4v) is 3.82. The van der Waals surface area contributed by atoms with Gasteiger partial charge in [0.25, 0.3) is 11.5 Å². The van der Waals surface area contributed by atoms with Gasteiger partial charge in [0.2, 0.25) is 0 Å². The van der Waals surface area contributed by atoms with E-state index >= 15 is 0 Å². The monoisotopic (exact) mass is 369 g/mol. The van der Waals surface area contributed by atoms with Gasteiger partial charge in [-0.25, -0.2) is 9.97 Å². The molecule has 3 N–H and O–H groups in total. The number of nitrogens with one attached hydrogen (secondary N) is 3. The van der Waals surface area contributed by atoms with Gasteiger partial charge in [-0.2, -0.15) is 0 Å². The van der Waals surface area contributed by atoms with Crippen molar-refractivity contribution in [2.24, 2.45) is 0 Å². The van der Waals surface area contributed by atoms with Crippen LogP contribution in [0.25, 0.3) is 10.9 Å². The molecule has 0 saturated carbocycles. The number of imidazole rings is 1. The molecule has 0 spiro atoms. The van der Waals surface area contributed by atoms with E-state index in [1.54, 1.807) is 6.07 Å². The number of rotatable bonds is 5.